The minimum Gasteiger partial charge on any atom is -0.338 e. The number of likely N-dealkylation sites (tertiary alicyclic amines) is 1. The van der Waals surface area contributed by atoms with E-state index in [2.05, 4.69) is 34.9 Å². The Kier molecular flexibility index (Phi) is 5.97. The molecule has 1 aliphatic rings. The van der Waals surface area contributed by atoms with Crippen molar-refractivity contribution in [3.63, 3.8) is 0 Å². The number of rotatable bonds is 2. The first-order valence-electron chi connectivity index (χ1n) is 8.15. The third kappa shape index (κ3) is 3.91. The SMILES string of the molecule is Cc1c(C(=O)N2CCC(N)C(C)(C)C2)cnn1-c1ccc(Br)cc1.Cl. The summed E-state index contributed by atoms with van der Waals surface area (Å²) in [6.07, 6.45) is 2.50. The van der Waals surface area contributed by atoms with Crippen LogP contribution in [0.3, 0.4) is 0 Å². The normalized spacial score (nSPS) is 19.4. The van der Waals surface area contributed by atoms with Gasteiger partial charge < -0.3 is 10.6 Å². The third-order valence-electron chi connectivity index (χ3n) is 4.91. The van der Waals surface area contributed by atoms with Crippen molar-refractivity contribution in [2.24, 2.45) is 11.1 Å². The fraction of sp³-hybridized carbons (Fsp3) is 0.444. The summed E-state index contributed by atoms with van der Waals surface area (Å²) in [6.45, 7) is 7.55. The van der Waals surface area contributed by atoms with Crippen LogP contribution in [0.25, 0.3) is 5.69 Å². The number of nitrogens with two attached hydrogens (primary N) is 1. The Morgan fingerprint density at radius 2 is 1.96 bits per heavy atom. The molecule has 0 spiro atoms. The summed E-state index contributed by atoms with van der Waals surface area (Å²) in [5.41, 5.74) is 8.57. The second-order valence-corrected chi connectivity index (χ2v) is 8.06. The first kappa shape index (κ1) is 19.9. The molecule has 1 saturated heterocycles. The molecule has 1 fully saturated rings. The topological polar surface area (TPSA) is 64.2 Å². The van der Waals surface area contributed by atoms with Gasteiger partial charge in [-0.1, -0.05) is 29.8 Å². The fourth-order valence-corrected chi connectivity index (χ4v) is 3.44. The number of aromatic nitrogens is 2. The molecule has 0 bridgehead atoms. The second kappa shape index (κ2) is 7.48. The highest BCUT2D eigenvalue weighted by atomic mass is 79.9. The van der Waals surface area contributed by atoms with Crippen LogP contribution in [0, 0.1) is 12.3 Å². The van der Waals surface area contributed by atoms with Crippen LogP contribution in [0.2, 0.25) is 0 Å². The Morgan fingerprint density at radius 1 is 1.32 bits per heavy atom. The molecule has 1 atom stereocenters. The van der Waals surface area contributed by atoms with Gasteiger partial charge in [-0.05, 0) is 43.0 Å². The Morgan fingerprint density at radius 3 is 2.56 bits per heavy atom. The number of halogens is 2. The second-order valence-electron chi connectivity index (χ2n) is 7.14. The molecule has 0 radical (unpaired) electrons. The van der Waals surface area contributed by atoms with E-state index in [0.29, 0.717) is 18.7 Å². The highest BCUT2D eigenvalue weighted by molar-refractivity contribution is 9.10. The van der Waals surface area contributed by atoms with Gasteiger partial charge in [0.15, 0.2) is 0 Å². The molecule has 0 saturated carbocycles. The number of benzene rings is 1. The standard InChI is InChI=1S/C18H23BrN4O.ClH/c1-12-15(10-21-23(12)14-6-4-13(19)5-7-14)17(24)22-9-8-16(20)18(2,3)11-22;/h4-7,10,16H,8-9,11,20H2,1-3H3;1H. The molecule has 2 N–H and O–H groups in total. The summed E-state index contributed by atoms with van der Waals surface area (Å²) in [4.78, 5) is 14.8. The monoisotopic (exact) mass is 426 g/mol. The summed E-state index contributed by atoms with van der Waals surface area (Å²) in [7, 11) is 0. The number of carbonyl (C=O) groups excluding carboxylic acids is 1. The molecule has 1 aromatic carbocycles. The molecule has 1 aromatic heterocycles. The molecular weight excluding hydrogens is 404 g/mol. The van der Waals surface area contributed by atoms with Crippen LogP contribution in [-0.2, 0) is 0 Å². The molecule has 3 rings (SSSR count). The smallest absolute Gasteiger partial charge is 0.257 e. The van der Waals surface area contributed by atoms with E-state index in [1.165, 1.54) is 0 Å². The van der Waals surface area contributed by atoms with Crippen molar-refractivity contribution in [2.45, 2.75) is 33.2 Å². The van der Waals surface area contributed by atoms with Crippen molar-refractivity contribution in [3.8, 4) is 5.69 Å². The lowest BCUT2D eigenvalue weighted by Gasteiger charge is -2.42. The molecular formula is C18H24BrClN4O. The molecule has 136 valence electrons. The van der Waals surface area contributed by atoms with E-state index in [1.54, 1.807) is 10.9 Å². The van der Waals surface area contributed by atoms with E-state index in [9.17, 15) is 4.79 Å². The van der Waals surface area contributed by atoms with Gasteiger partial charge in [-0.2, -0.15) is 5.10 Å². The molecule has 2 aromatic rings. The lowest BCUT2D eigenvalue weighted by molar-refractivity contribution is 0.0532. The zero-order valence-electron chi connectivity index (χ0n) is 14.7. The molecule has 1 amide bonds. The number of carbonyl (C=O) groups is 1. The minimum atomic E-state index is -0.0660. The fourth-order valence-electron chi connectivity index (χ4n) is 3.18. The number of amides is 1. The number of hydrogen-bond acceptors (Lipinski definition) is 3. The van der Waals surface area contributed by atoms with Crippen LogP contribution in [0.1, 0.15) is 36.3 Å². The van der Waals surface area contributed by atoms with Gasteiger partial charge in [-0.25, -0.2) is 4.68 Å². The summed E-state index contributed by atoms with van der Waals surface area (Å²) in [5.74, 6) is 0.0378. The van der Waals surface area contributed by atoms with Gasteiger partial charge in [-0.3, -0.25) is 4.79 Å². The Balaban J connectivity index is 0.00000225. The third-order valence-corrected chi connectivity index (χ3v) is 5.44. The first-order valence-corrected chi connectivity index (χ1v) is 8.94. The van der Waals surface area contributed by atoms with Crippen LogP contribution in [0.15, 0.2) is 34.9 Å². The van der Waals surface area contributed by atoms with Crippen molar-refractivity contribution in [3.05, 3.63) is 46.2 Å². The first-order chi connectivity index (χ1) is 11.3. The summed E-state index contributed by atoms with van der Waals surface area (Å²) >= 11 is 3.43. The van der Waals surface area contributed by atoms with Gasteiger partial charge in [0.25, 0.3) is 5.91 Å². The van der Waals surface area contributed by atoms with E-state index in [0.717, 1.165) is 22.3 Å². The van der Waals surface area contributed by atoms with Gasteiger partial charge in [0, 0.05) is 23.6 Å². The largest absolute Gasteiger partial charge is 0.338 e. The minimum absolute atomic E-state index is 0. The predicted octanol–water partition coefficient (Wildman–Crippen LogP) is 3.56. The van der Waals surface area contributed by atoms with Gasteiger partial charge >= 0.3 is 0 Å². The predicted molar refractivity (Wildman–Crippen MR) is 106 cm³/mol. The Labute approximate surface area is 163 Å². The van der Waals surface area contributed by atoms with Gasteiger partial charge in [0.1, 0.15) is 0 Å². The lowest BCUT2D eigenvalue weighted by atomic mass is 9.79. The van der Waals surface area contributed by atoms with Crippen molar-refractivity contribution in [2.75, 3.05) is 13.1 Å². The average Bonchev–Trinajstić information content (AvgIpc) is 2.92. The summed E-state index contributed by atoms with van der Waals surface area (Å²) in [6, 6.07) is 8.01. The molecule has 5 nitrogen and oxygen atoms in total. The lowest BCUT2D eigenvalue weighted by Crippen LogP contribution is -2.54. The molecule has 0 aliphatic carbocycles. The van der Waals surface area contributed by atoms with Gasteiger partial charge in [0.05, 0.1) is 23.1 Å². The van der Waals surface area contributed by atoms with E-state index >= 15 is 0 Å². The highest BCUT2D eigenvalue weighted by Crippen LogP contribution is 2.29. The van der Waals surface area contributed by atoms with Crippen LogP contribution in [-0.4, -0.2) is 39.7 Å². The Bertz CT molecular complexity index is 757. The van der Waals surface area contributed by atoms with E-state index < -0.39 is 0 Å². The number of piperidine rings is 1. The summed E-state index contributed by atoms with van der Waals surface area (Å²) in [5, 5.41) is 4.41. The van der Waals surface area contributed by atoms with Gasteiger partial charge in [-0.15, -0.1) is 12.4 Å². The van der Waals surface area contributed by atoms with Crippen molar-refractivity contribution >= 4 is 34.2 Å². The quantitative estimate of drug-likeness (QED) is 0.797. The summed E-state index contributed by atoms with van der Waals surface area (Å²) < 4.78 is 2.82. The van der Waals surface area contributed by atoms with Crippen molar-refractivity contribution < 1.29 is 4.79 Å². The maximum Gasteiger partial charge on any atom is 0.257 e. The molecule has 2 heterocycles. The Hall–Kier alpha value is -1.37. The zero-order chi connectivity index (χ0) is 17.5. The van der Waals surface area contributed by atoms with Crippen LogP contribution >= 0.6 is 28.3 Å². The average molecular weight is 428 g/mol. The number of nitrogens with zero attached hydrogens (tertiary/aromatic N) is 3. The number of hydrogen-bond donors (Lipinski definition) is 1. The van der Waals surface area contributed by atoms with E-state index in [1.807, 2.05) is 36.1 Å². The van der Waals surface area contributed by atoms with Crippen molar-refractivity contribution in [1.29, 1.82) is 0 Å². The van der Waals surface area contributed by atoms with E-state index in [4.69, 9.17) is 5.73 Å². The molecule has 7 heteroatoms. The maximum atomic E-state index is 12.9. The van der Waals surface area contributed by atoms with Crippen LogP contribution < -0.4 is 5.73 Å². The van der Waals surface area contributed by atoms with Crippen molar-refractivity contribution in [1.82, 2.24) is 14.7 Å². The van der Waals surface area contributed by atoms with Crippen LogP contribution in [0.5, 0.6) is 0 Å². The molecule has 25 heavy (non-hydrogen) atoms. The van der Waals surface area contributed by atoms with Gasteiger partial charge in [0.2, 0.25) is 0 Å². The van der Waals surface area contributed by atoms with Crippen LogP contribution in [0.4, 0.5) is 0 Å². The maximum absolute atomic E-state index is 12.9. The van der Waals surface area contributed by atoms with E-state index in [-0.39, 0.29) is 29.8 Å². The highest BCUT2D eigenvalue weighted by Gasteiger charge is 2.36. The molecule has 1 unspecified atom stereocenters. The molecule has 1 aliphatic heterocycles. The zero-order valence-corrected chi connectivity index (χ0v) is 17.1.